The van der Waals surface area contributed by atoms with E-state index in [-0.39, 0.29) is 28.6 Å². The zero-order valence-corrected chi connectivity index (χ0v) is 17.3. The number of hydrogen-bond acceptors (Lipinski definition) is 5. The van der Waals surface area contributed by atoms with Gasteiger partial charge in [0, 0.05) is 30.3 Å². The van der Waals surface area contributed by atoms with E-state index in [1.54, 1.807) is 0 Å². The molecule has 1 aliphatic rings. The molecule has 0 bridgehead atoms. The Labute approximate surface area is 177 Å². The molecule has 1 unspecified atom stereocenters. The van der Waals surface area contributed by atoms with Gasteiger partial charge in [-0.3, -0.25) is 9.59 Å². The Kier molecular flexibility index (Phi) is 5.85. The van der Waals surface area contributed by atoms with Crippen LogP contribution in [0.1, 0.15) is 49.5 Å². The fourth-order valence-electron chi connectivity index (χ4n) is 3.56. The maximum absolute atomic E-state index is 13.0. The van der Waals surface area contributed by atoms with E-state index in [9.17, 15) is 14.0 Å². The fourth-order valence-corrected chi connectivity index (χ4v) is 4.42. The average Bonchev–Trinajstić information content (AvgIpc) is 3.26. The molecule has 30 heavy (non-hydrogen) atoms. The van der Waals surface area contributed by atoms with Gasteiger partial charge in [0.25, 0.3) is 11.8 Å². The van der Waals surface area contributed by atoms with Crippen LogP contribution in [0.4, 0.5) is 10.1 Å². The molecule has 2 aromatic carbocycles. The van der Waals surface area contributed by atoms with Crippen LogP contribution in [0.25, 0.3) is 0 Å². The highest BCUT2D eigenvalue weighted by Crippen LogP contribution is 2.30. The topological polar surface area (TPSA) is 75.2 Å². The molecule has 0 saturated carbocycles. The van der Waals surface area contributed by atoms with Gasteiger partial charge in [-0.25, -0.2) is 4.39 Å². The first-order valence-electron chi connectivity index (χ1n) is 9.76. The standard InChI is InChI=1S/C22H21FN4O2S/c1-14-5-2-3-7-18(14)22(29)27-12-4-6-15(13-27)20-25-26-21(30-20)19(28)24-17-10-8-16(23)9-11-17/h2-3,5,7-11,15H,4,6,12-13H2,1H3,(H,24,28). The van der Waals surface area contributed by atoms with Crippen LogP contribution in [0.5, 0.6) is 0 Å². The van der Waals surface area contributed by atoms with E-state index in [4.69, 9.17) is 0 Å². The Morgan fingerprint density at radius 3 is 2.67 bits per heavy atom. The first-order chi connectivity index (χ1) is 14.5. The number of carbonyl (C=O) groups is 2. The SMILES string of the molecule is Cc1ccccc1C(=O)N1CCCC(c2nnc(C(=O)Nc3ccc(F)cc3)s2)C1. The van der Waals surface area contributed by atoms with Crippen molar-refractivity contribution in [3.05, 3.63) is 75.5 Å². The van der Waals surface area contributed by atoms with Crippen LogP contribution in [0, 0.1) is 12.7 Å². The molecular weight excluding hydrogens is 403 g/mol. The molecule has 8 heteroatoms. The van der Waals surface area contributed by atoms with Crippen LogP contribution >= 0.6 is 11.3 Å². The predicted molar refractivity (Wildman–Crippen MR) is 113 cm³/mol. The molecule has 1 saturated heterocycles. The largest absolute Gasteiger partial charge is 0.338 e. The number of nitrogens with one attached hydrogen (secondary N) is 1. The molecule has 0 radical (unpaired) electrons. The van der Waals surface area contributed by atoms with Gasteiger partial charge in [-0.05, 0) is 55.7 Å². The van der Waals surface area contributed by atoms with E-state index in [2.05, 4.69) is 15.5 Å². The highest BCUT2D eigenvalue weighted by atomic mass is 32.1. The molecule has 1 fully saturated rings. The number of likely N-dealkylation sites (tertiary alicyclic amines) is 1. The summed E-state index contributed by atoms with van der Waals surface area (Å²) in [6, 6.07) is 13.1. The van der Waals surface area contributed by atoms with Crippen molar-refractivity contribution in [1.82, 2.24) is 15.1 Å². The van der Waals surface area contributed by atoms with Gasteiger partial charge in [0.1, 0.15) is 10.8 Å². The van der Waals surface area contributed by atoms with Crippen molar-refractivity contribution in [3.63, 3.8) is 0 Å². The summed E-state index contributed by atoms with van der Waals surface area (Å²) in [5.41, 5.74) is 2.17. The van der Waals surface area contributed by atoms with E-state index < -0.39 is 0 Å². The fraction of sp³-hybridized carbons (Fsp3) is 0.273. The molecule has 6 nitrogen and oxygen atoms in total. The number of rotatable bonds is 4. The predicted octanol–water partition coefficient (Wildman–Crippen LogP) is 4.26. The number of nitrogens with zero attached hydrogens (tertiary/aromatic N) is 3. The Morgan fingerprint density at radius 1 is 1.13 bits per heavy atom. The third-order valence-corrected chi connectivity index (χ3v) is 6.25. The lowest BCUT2D eigenvalue weighted by atomic mass is 9.97. The van der Waals surface area contributed by atoms with Crippen LogP contribution in [-0.2, 0) is 0 Å². The quantitative estimate of drug-likeness (QED) is 0.679. The summed E-state index contributed by atoms with van der Waals surface area (Å²) in [4.78, 5) is 27.2. The molecule has 1 N–H and O–H groups in total. The maximum Gasteiger partial charge on any atom is 0.286 e. The lowest BCUT2D eigenvalue weighted by Gasteiger charge is -2.32. The highest BCUT2D eigenvalue weighted by molar-refractivity contribution is 7.13. The Balaban J connectivity index is 1.44. The van der Waals surface area contributed by atoms with Crippen LogP contribution in [0.15, 0.2) is 48.5 Å². The minimum Gasteiger partial charge on any atom is -0.338 e. The number of aryl methyl sites for hydroxylation is 1. The third-order valence-electron chi connectivity index (χ3n) is 5.17. The summed E-state index contributed by atoms with van der Waals surface area (Å²) in [5.74, 6) is -0.671. The second-order valence-electron chi connectivity index (χ2n) is 7.31. The van der Waals surface area contributed by atoms with Gasteiger partial charge in [0.05, 0.1) is 0 Å². The highest BCUT2D eigenvalue weighted by Gasteiger charge is 2.29. The normalized spacial score (nSPS) is 16.3. The van der Waals surface area contributed by atoms with Crippen molar-refractivity contribution in [2.45, 2.75) is 25.7 Å². The van der Waals surface area contributed by atoms with E-state index in [1.165, 1.54) is 35.6 Å². The zero-order chi connectivity index (χ0) is 21.1. The first kappa shape index (κ1) is 20.2. The number of aromatic nitrogens is 2. The molecule has 2 amide bonds. The van der Waals surface area contributed by atoms with Crippen LogP contribution < -0.4 is 5.32 Å². The van der Waals surface area contributed by atoms with Crippen LogP contribution in [0.3, 0.4) is 0 Å². The van der Waals surface area contributed by atoms with E-state index in [0.717, 1.165) is 29.0 Å². The van der Waals surface area contributed by atoms with Crippen LogP contribution in [-0.4, -0.2) is 40.0 Å². The van der Waals surface area contributed by atoms with E-state index >= 15 is 0 Å². The summed E-state index contributed by atoms with van der Waals surface area (Å²) in [6.07, 6.45) is 1.77. The molecule has 0 spiro atoms. The summed E-state index contributed by atoms with van der Waals surface area (Å²) in [5, 5.41) is 11.9. The molecule has 0 aliphatic carbocycles. The first-order valence-corrected chi connectivity index (χ1v) is 10.6. The van der Waals surface area contributed by atoms with Crippen molar-refractivity contribution in [1.29, 1.82) is 0 Å². The maximum atomic E-state index is 13.0. The Morgan fingerprint density at radius 2 is 1.90 bits per heavy atom. The van der Waals surface area contributed by atoms with Gasteiger partial charge < -0.3 is 10.2 Å². The van der Waals surface area contributed by atoms with Gasteiger partial charge in [-0.2, -0.15) is 0 Å². The minimum atomic E-state index is -0.381. The smallest absolute Gasteiger partial charge is 0.286 e. The number of halogens is 1. The summed E-state index contributed by atoms with van der Waals surface area (Å²) in [6.45, 7) is 3.20. The van der Waals surface area contributed by atoms with Crippen LogP contribution in [0.2, 0.25) is 0 Å². The summed E-state index contributed by atoms with van der Waals surface area (Å²) < 4.78 is 13.0. The van der Waals surface area contributed by atoms with E-state index in [1.807, 2.05) is 36.1 Å². The lowest BCUT2D eigenvalue weighted by Crippen LogP contribution is -2.39. The van der Waals surface area contributed by atoms with Gasteiger partial charge >= 0.3 is 0 Å². The Hall–Kier alpha value is -3.13. The second kappa shape index (κ2) is 8.71. The number of benzene rings is 2. The summed E-state index contributed by atoms with van der Waals surface area (Å²) >= 11 is 1.24. The van der Waals surface area contributed by atoms with Crippen molar-refractivity contribution in [2.75, 3.05) is 18.4 Å². The average molecular weight is 425 g/mol. The van der Waals surface area contributed by atoms with Crippen molar-refractivity contribution in [2.24, 2.45) is 0 Å². The lowest BCUT2D eigenvalue weighted by molar-refractivity contribution is 0.0706. The van der Waals surface area contributed by atoms with Crippen molar-refractivity contribution >= 4 is 28.8 Å². The van der Waals surface area contributed by atoms with Gasteiger partial charge in [0.15, 0.2) is 0 Å². The number of carbonyl (C=O) groups excluding carboxylic acids is 2. The molecular formula is C22H21FN4O2S. The van der Waals surface area contributed by atoms with Gasteiger partial charge in [-0.1, -0.05) is 29.5 Å². The Bertz CT molecular complexity index is 1070. The van der Waals surface area contributed by atoms with Gasteiger partial charge in [-0.15, -0.1) is 10.2 Å². The van der Waals surface area contributed by atoms with Crippen molar-refractivity contribution in [3.8, 4) is 0 Å². The number of amides is 2. The van der Waals surface area contributed by atoms with Crippen molar-refractivity contribution < 1.29 is 14.0 Å². The third kappa shape index (κ3) is 4.38. The molecule has 1 atom stereocenters. The number of anilines is 1. The summed E-state index contributed by atoms with van der Waals surface area (Å²) in [7, 11) is 0. The zero-order valence-electron chi connectivity index (χ0n) is 16.5. The molecule has 1 aliphatic heterocycles. The second-order valence-corrected chi connectivity index (χ2v) is 8.32. The number of hydrogen-bond donors (Lipinski definition) is 1. The molecule has 4 rings (SSSR count). The van der Waals surface area contributed by atoms with E-state index in [0.29, 0.717) is 18.8 Å². The molecule has 3 aromatic rings. The van der Waals surface area contributed by atoms with Gasteiger partial charge in [0.2, 0.25) is 5.01 Å². The molecule has 1 aromatic heterocycles. The minimum absolute atomic E-state index is 0.0246. The monoisotopic (exact) mass is 424 g/mol. The molecule has 2 heterocycles. The number of piperidine rings is 1. The molecule has 154 valence electrons.